The lowest BCUT2D eigenvalue weighted by Gasteiger charge is -2.33. The van der Waals surface area contributed by atoms with Crippen molar-refractivity contribution in [1.29, 1.82) is 0 Å². The molecule has 0 saturated carbocycles. The summed E-state index contributed by atoms with van der Waals surface area (Å²) in [7, 11) is 0. The van der Waals surface area contributed by atoms with Crippen LogP contribution in [0.2, 0.25) is 0 Å². The fraction of sp³-hybridized carbons (Fsp3) is 0.294. The van der Waals surface area contributed by atoms with Crippen molar-refractivity contribution in [3.63, 3.8) is 0 Å². The smallest absolute Gasteiger partial charge is 0.416 e. The Morgan fingerprint density at radius 3 is 2.64 bits per heavy atom. The number of rotatable bonds is 4. The van der Waals surface area contributed by atoms with Gasteiger partial charge in [-0.3, -0.25) is 0 Å². The van der Waals surface area contributed by atoms with E-state index in [1.807, 2.05) is 0 Å². The number of hydrogen-bond donors (Lipinski definition) is 2. The van der Waals surface area contributed by atoms with Crippen LogP contribution in [0.1, 0.15) is 23.6 Å². The molecular formula is C17H18F3N3O2. The van der Waals surface area contributed by atoms with Crippen LogP contribution in [0.5, 0.6) is 0 Å². The topological polar surface area (TPSA) is 78.9 Å². The number of halogens is 3. The lowest BCUT2D eigenvalue weighted by atomic mass is 9.96. The van der Waals surface area contributed by atoms with Crippen molar-refractivity contribution in [3.05, 3.63) is 58.4 Å². The van der Waals surface area contributed by atoms with Crippen molar-refractivity contribution < 1.29 is 23.1 Å². The Balaban J connectivity index is 2.31. The van der Waals surface area contributed by atoms with Crippen molar-refractivity contribution in [2.75, 3.05) is 6.54 Å². The third-order valence-electron chi connectivity index (χ3n) is 4.12. The van der Waals surface area contributed by atoms with Gasteiger partial charge in [-0.1, -0.05) is 12.6 Å². The molecule has 25 heavy (non-hydrogen) atoms. The summed E-state index contributed by atoms with van der Waals surface area (Å²) in [4.78, 5) is 16.6. The minimum Gasteiger partial charge on any atom is -0.477 e. The number of aliphatic carboxylic acids is 1. The summed E-state index contributed by atoms with van der Waals surface area (Å²) in [5.41, 5.74) is 6.31. The van der Waals surface area contributed by atoms with Gasteiger partial charge in [0.05, 0.1) is 11.9 Å². The summed E-state index contributed by atoms with van der Waals surface area (Å²) >= 11 is 0. The molecule has 0 unspecified atom stereocenters. The maximum Gasteiger partial charge on any atom is 0.416 e. The highest BCUT2D eigenvalue weighted by molar-refractivity contribution is 5.89. The molecule has 8 heteroatoms. The van der Waals surface area contributed by atoms with Crippen LogP contribution in [-0.2, 0) is 23.9 Å². The molecule has 0 aliphatic carbocycles. The van der Waals surface area contributed by atoms with E-state index >= 15 is 0 Å². The molecule has 5 nitrogen and oxygen atoms in total. The number of fused-ring (bicyclic) bond motifs is 1. The number of alkyl halides is 3. The molecule has 1 heterocycles. The standard InChI is InChI=1S/C17H18F3N3O2/c1-10(15(16(24)25)22-9-21)11(2)23-6-5-12-3-4-14(17(18,19)20)7-13(12)8-23/h3-4,7,9H,2,5-6,8H2,1H3,(H2,21,22)(H,24,25)/b15-10-. The zero-order valence-corrected chi connectivity index (χ0v) is 13.6. The van der Waals surface area contributed by atoms with Crippen LogP contribution in [0, 0.1) is 0 Å². The van der Waals surface area contributed by atoms with Crippen LogP contribution in [-0.4, -0.2) is 28.9 Å². The Morgan fingerprint density at radius 1 is 1.40 bits per heavy atom. The quantitative estimate of drug-likeness (QED) is 0.378. The molecule has 1 aromatic carbocycles. The summed E-state index contributed by atoms with van der Waals surface area (Å²) in [5, 5.41) is 9.19. The molecular weight excluding hydrogens is 335 g/mol. The van der Waals surface area contributed by atoms with Gasteiger partial charge in [-0.2, -0.15) is 13.2 Å². The number of benzene rings is 1. The number of hydrogen-bond acceptors (Lipinski definition) is 3. The number of nitrogens with zero attached hydrogens (tertiary/aromatic N) is 2. The fourth-order valence-electron chi connectivity index (χ4n) is 2.72. The SMILES string of the molecule is C=C(/C(C)=C(\N=C/N)C(=O)O)N1CCc2ccc(C(F)(F)F)cc2C1. The van der Waals surface area contributed by atoms with Gasteiger partial charge in [-0.25, -0.2) is 9.79 Å². The third-order valence-corrected chi connectivity index (χ3v) is 4.12. The van der Waals surface area contributed by atoms with Gasteiger partial charge in [0.25, 0.3) is 0 Å². The number of allylic oxidation sites excluding steroid dienone is 1. The summed E-state index contributed by atoms with van der Waals surface area (Å²) in [5.74, 6) is -1.25. The predicted molar refractivity (Wildman–Crippen MR) is 87.7 cm³/mol. The lowest BCUT2D eigenvalue weighted by Crippen LogP contribution is -2.30. The van der Waals surface area contributed by atoms with Gasteiger partial charge in [0, 0.05) is 24.4 Å². The molecule has 0 radical (unpaired) electrons. The monoisotopic (exact) mass is 353 g/mol. The van der Waals surface area contributed by atoms with Crippen LogP contribution in [0.15, 0.2) is 46.7 Å². The van der Waals surface area contributed by atoms with E-state index in [2.05, 4.69) is 11.6 Å². The van der Waals surface area contributed by atoms with Crippen LogP contribution in [0.3, 0.4) is 0 Å². The van der Waals surface area contributed by atoms with E-state index in [1.165, 1.54) is 6.07 Å². The van der Waals surface area contributed by atoms with E-state index < -0.39 is 17.7 Å². The van der Waals surface area contributed by atoms with Crippen molar-refractivity contribution in [2.24, 2.45) is 10.7 Å². The molecule has 1 aromatic rings. The summed E-state index contributed by atoms with van der Waals surface area (Å²) in [6, 6.07) is 3.69. The van der Waals surface area contributed by atoms with Crippen LogP contribution < -0.4 is 5.73 Å². The zero-order valence-electron chi connectivity index (χ0n) is 13.6. The molecule has 0 bridgehead atoms. The first-order valence-corrected chi connectivity index (χ1v) is 7.46. The third kappa shape index (κ3) is 4.01. The van der Waals surface area contributed by atoms with Crippen LogP contribution in [0.25, 0.3) is 0 Å². The van der Waals surface area contributed by atoms with E-state index in [4.69, 9.17) is 5.73 Å². The number of aliphatic imine (C=N–C) groups is 1. The van der Waals surface area contributed by atoms with Crippen molar-refractivity contribution in [1.82, 2.24) is 4.90 Å². The van der Waals surface area contributed by atoms with Gasteiger partial charge in [-0.05, 0) is 36.6 Å². The van der Waals surface area contributed by atoms with Gasteiger partial charge < -0.3 is 15.7 Å². The largest absolute Gasteiger partial charge is 0.477 e. The van der Waals surface area contributed by atoms with Crippen molar-refractivity contribution in [2.45, 2.75) is 26.1 Å². The molecule has 0 aromatic heterocycles. The first-order valence-electron chi connectivity index (χ1n) is 7.46. The average molecular weight is 353 g/mol. The number of nitrogens with two attached hydrogens (primary N) is 1. The molecule has 1 aliphatic heterocycles. The minimum atomic E-state index is -4.41. The van der Waals surface area contributed by atoms with Gasteiger partial charge in [0.1, 0.15) is 0 Å². The summed E-state index contributed by atoms with van der Waals surface area (Å²) < 4.78 is 38.7. The van der Waals surface area contributed by atoms with E-state index in [-0.39, 0.29) is 12.2 Å². The Bertz CT molecular complexity index is 767. The van der Waals surface area contributed by atoms with Gasteiger partial charge in [0.15, 0.2) is 5.70 Å². The highest BCUT2D eigenvalue weighted by atomic mass is 19.4. The Hall–Kier alpha value is -2.77. The molecule has 2 rings (SSSR count). The normalized spacial score (nSPS) is 15.8. The van der Waals surface area contributed by atoms with E-state index in [9.17, 15) is 23.1 Å². The summed E-state index contributed by atoms with van der Waals surface area (Å²) in [6.45, 7) is 6.16. The van der Waals surface area contributed by atoms with Gasteiger partial charge in [-0.15, -0.1) is 0 Å². The van der Waals surface area contributed by atoms with Crippen LogP contribution in [0.4, 0.5) is 13.2 Å². The average Bonchev–Trinajstić information content (AvgIpc) is 2.56. The zero-order chi connectivity index (χ0) is 18.8. The number of carboxylic acid groups (broad SMARTS) is 1. The molecule has 0 fully saturated rings. The van der Waals surface area contributed by atoms with E-state index in [1.54, 1.807) is 11.8 Å². The van der Waals surface area contributed by atoms with Crippen LogP contribution >= 0.6 is 0 Å². The number of carbonyl (C=O) groups is 1. The molecule has 0 amide bonds. The predicted octanol–water partition coefficient (Wildman–Crippen LogP) is 2.92. The number of carboxylic acids is 1. The fourth-order valence-corrected chi connectivity index (χ4v) is 2.72. The minimum absolute atomic E-state index is 0.217. The second kappa shape index (κ2) is 7.00. The summed E-state index contributed by atoms with van der Waals surface area (Å²) in [6.07, 6.45) is -2.99. The van der Waals surface area contributed by atoms with Gasteiger partial charge >= 0.3 is 12.1 Å². The van der Waals surface area contributed by atoms with E-state index in [0.717, 1.165) is 24.0 Å². The highest BCUT2D eigenvalue weighted by Gasteiger charge is 2.32. The first kappa shape index (κ1) is 18.6. The maximum atomic E-state index is 12.9. The van der Waals surface area contributed by atoms with Crippen molar-refractivity contribution >= 4 is 12.3 Å². The Kier molecular flexibility index (Phi) is 5.20. The van der Waals surface area contributed by atoms with E-state index in [0.29, 0.717) is 29.8 Å². The lowest BCUT2D eigenvalue weighted by molar-refractivity contribution is -0.137. The molecule has 3 N–H and O–H groups in total. The molecule has 0 atom stereocenters. The molecule has 0 spiro atoms. The molecule has 0 saturated heterocycles. The first-order chi connectivity index (χ1) is 11.6. The molecule has 134 valence electrons. The molecule has 1 aliphatic rings. The van der Waals surface area contributed by atoms with Gasteiger partial charge in [0.2, 0.25) is 0 Å². The maximum absolute atomic E-state index is 12.9. The highest BCUT2D eigenvalue weighted by Crippen LogP contribution is 2.33. The second-order valence-electron chi connectivity index (χ2n) is 5.66. The second-order valence-corrected chi connectivity index (χ2v) is 5.66. The Labute approximate surface area is 143 Å². The van der Waals surface area contributed by atoms with Crippen molar-refractivity contribution in [3.8, 4) is 0 Å². The Morgan fingerprint density at radius 2 is 2.08 bits per heavy atom.